The Balaban J connectivity index is 2.16. The zero-order chi connectivity index (χ0) is 14.2. The Hall–Kier alpha value is -0.0700. The van der Waals surface area contributed by atoms with Gasteiger partial charge in [-0.2, -0.15) is 5.10 Å². The number of halogens is 2. The molecule has 2 unspecified atom stereocenters. The van der Waals surface area contributed by atoms with Crippen molar-refractivity contribution in [3.63, 3.8) is 0 Å². The molecule has 0 radical (unpaired) electrons. The Kier molecular flexibility index (Phi) is 4.63. The van der Waals surface area contributed by atoms with Gasteiger partial charge >= 0.3 is 0 Å². The van der Waals surface area contributed by atoms with Crippen LogP contribution in [0.1, 0.15) is 17.8 Å². The zero-order valence-corrected chi connectivity index (χ0v) is 14.2. The molecule has 0 spiro atoms. The van der Waals surface area contributed by atoms with Crippen molar-refractivity contribution < 1.29 is 8.42 Å². The molecule has 1 aliphatic heterocycles. The number of sulfone groups is 1. The van der Waals surface area contributed by atoms with Crippen molar-refractivity contribution in [3.05, 3.63) is 16.4 Å². The summed E-state index contributed by atoms with van der Waals surface area (Å²) in [4.78, 5) is 0. The molecule has 0 aromatic carbocycles. The number of hydrogen-bond acceptors (Lipinski definition) is 3. The van der Waals surface area contributed by atoms with Crippen LogP contribution >= 0.6 is 27.5 Å². The van der Waals surface area contributed by atoms with E-state index >= 15 is 0 Å². The second-order valence-electron chi connectivity index (χ2n) is 5.25. The Bertz CT molecular complexity index is 571. The lowest BCUT2D eigenvalue weighted by atomic mass is 9.89. The molecule has 1 fully saturated rings. The summed E-state index contributed by atoms with van der Waals surface area (Å²) in [6.45, 7) is 1.88. The van der Waals surface area contributed by atoms with E-state index in [1.54, 1.807) is 4.68 Å². The predicted octanol–water partition coefficient (Wildman–Crippen LogP) is 2.37. The summed E-state index contributed by atoms with van der Waals surface area (Å²) in [5.74, 6) is 1.12. The van der Waals surface area contributed by atoms with Gasteiger partial charge in [-0.25, -0.2) is 8.42 Å². The molecule has 0 amide bonds. The largest absolute Gasteiger partial charge is 0.271 e. The van der Waals surface area contributed by atoms with Gasteiger partial charge in [0.15, 0.2) is 9.84 Å². The molecule has 2 rings (SSSR count). The molecule has 0 N–H and O–H groups in total. The van der Waals surface area contributed by atoms with Gasteiger partial charge in [0.1, 0.15) is 0 Å². The topological polar surface area (TPSA) is 52.0 Å². The number of hydrogen-bond donors (Lipinski definition) is 0. The quantitative estimate of drug-likeness (QED) is 0.766. The zero-order valence-electron chi connectivity index (χ0n) is 11.1. The molecule has 1 saturated heterocycles. The average molecular weight is 370 g/mol. The molecule has 1 aromatic rings. The minimum absolute atomic E-state index is 0.218. The van der Waals surface area contributed by atoms with Crippen molar-refractivity contribution in [1.29, 1.82) is 0 Å². The van der Waals surface area contributed by atoms with Gasteiger partial charge < -0.3 is 0 Å². The Labute approximate surface area is 127 Å². The van der Waals surface area contributed by atoms with E-state index < -0.39 is 9.84 Å². The minimum atomic E-state index is -2.83. The van der Waals surface area contributed by atoms with Crippen molar-refractivity contribution in [2.75, 3.05) is 16.8 Å². The van der Waals surface area contributed by atoms with Crippen molar-refractivity contribution in [2.24, 2.45) is 18.9 Å². The van der Waals surface area contributed by atoms with Crippen LogP contribution in [-0.4, -0.2) is 35.0 Å². The Morgan fingerprint density at radius 3 is 2.68 bits per heavy atom. The van der Waals surface area contributed by atoms with Crippen LogP contribution < -0.4 is 0 Å². The fraction of sp³-hybridized carbons (Fsp3) is 0.750. The highest BCUT2D eigenvalue weighted by atomic mass is 79.9. The number of nitrogens with zero attached hydrogens (tertiary/aromatic N) is 2. The predicted molar refractivity (Wildman–Crippen MR) is 80.7 cm³/mol. The van der Waals surface area contributed by atoms with Gasteiger partial charge in [0, 0.05) is 12.4 Å². The Morgan fingerprint density at radius 2 is 2.26 bits per heavy atom. The van der Waals surface area contributed by atoms with Gasteiger partial charge in [0.05, 0.1) is 27.9 Å². The smallest absolute Gasteiger partial charge is 0.150 e. The summed E-state index contributed by atoms with van der Waals surface area (Å²) in [6.07, 6.45) is 1.52. The molecule has 108 valence electrons. The maximum absolute atomic E-state index is 11.6. The molecule has 7 heteroatoms. The lowest BCUT2D eigenvalue weighted by molar-refractivity contribution is 0.393. The molecular formula is C12H18BrClN2O2S. The highest BCUT2D eigenvalue weighted by Gasteiger charge is 2.34. The molecule has 1 aromatic heterocycles. The van der Waals surface area contributed by atoms with Gasteiger partial charge in [0.2, 0.25) is 0 Å². The van der Waals surface area contributed by atoms with Crippen LogP contribution in [0.3, 0.4) is 0 Å². The van der Waals surface area contributed by atoms with Crippen LogP contribution in [0.25, 0.3) is 0 Å². The third-order valence-corrected chi connectivity index (χ3v) is 6.97. The van der Waals surface area contributed by atoms with E-state index in [2.05, 4.69) is 21.0 Å². The average Bonchev–Trinajstić information content (AvgIpc) is 2.79. The molecular weight excluding hydrogens is 352 g/mol. The number of alkyl halides is 1. The minimum Gasteiger partial charge on any atom is -0.271 e. The van der Waals surface area contributed by atoms with Gasteiger partial charge in [-0.1, -0.05) is 27.5 Å². The standard InChI is InChI=1S/C12H18BrClN2O2S/c1-8-12(14)11(16(2)15-8)5-10(6-13)9-3-4-19(17,18)7-9/h9-10H,3-7H2,1-2H3. The van der Waals surface area contributed by atoms with Crippen molar-refractivity contribution in [2.45, 2.75) is 19.8 Å². The monoisotopic (exact) mass is 368 g/mol. The molecule has 0 saturated carbocycles. The lowest BCUT2D eigenvalue weighted by Gasteiger charge is -2.20. The molecule has 1 aliphatic rings. The summed E-state index contributed by atoms with van der Waals surface area (Å²) in [6, 6.07) is 0. The van der Waals surface area contributed by atoms with Crippen LogP contribution in [0.2, 0.25) is 5.02 Å². The molecule has 0 bridgehead atoms. The van der Waals surface area contributed by atoms with Crippen LogP contribution in [0.4, 0.5) is 0 Å². The van der Waals surface area contributed by atoms with E-state index in [9.17, 15) is 8.42 Å². The van der Waals surface area contributed by atoms with E-state index in [-0.39, 0.29) is 11.8 Å². The first kappa shape index (κ1) is 15.3. The Morgan fingerprint density at radius 1 is 1.58 bits per heavy atom. The van der Waals surface area contributed by atoms with Gasteiger partial charge in [0.25, 0.3) is 0 Å². The first-order valence-corrected chi connectivity index (χ1v) is 9.60. The van der Waals surface area contributed by atoms with Crippen molar-refractivity contribution >= 4 is 37.4 Å². The van der Waals surface area contributed by atoms with Crippen LogP contribution in [0.15, 0.2) is 0 Å². The number of rotatable bonds is 4. The highest BCUT2D eigenvalue weighted by Crippen LogP contribution is 2.32. The van der Waals surface area contributed by atoms with E-state index in [1.165, 1.54) is 0 Å². The van der Waals surface area contributed by atoms with E-state index in [4.69, 9.17) is 11.6 Å². The number of aryl methyl sites for hydroxylation is 2. The van der Waals surface area contributed by atoms with E-state index in [0.717, 1.165) is 29.6 Å². The lowest BCUT2D eigenvalue weighted by Crippen LogP contribution is -2.21. The van der Waals surface area contributed by atoms with Crippen molar-refractivity contribution in [3.8, 4) is 0 Å². The second-order valence-corrected chi connectivity index (χ2v) is 8.51. The number of aromatic nitrogens is 2. The summed E-state index contributed by atoms with van der Waals surface area (Å²) in [7, 11) is -0.954. The summed E-state index contributed by atoms with van der Waals surface area (Å²) in [5.41, 5.74) is 1.82. The molecule has 4 nitrogen and oxygen atoms in total. The second kappa shape index (κ2) is 5.74. The van der Waals surface area contributed by atoms with Gasteiger partial charge in [-0.15, -0.1) is 0 Å². The summed E-state index contributed by atoms with van der Waals surface area (Å²) >= 11 is 9.77. The van der Waals surface area contributed by atoms with Gasteiger partial charge in [-0.3, -0.25) is 4.68 Å². The van der Waals surface area contributed by atoms with Gasteiger partial charge in [-0.05, 0) is 31.6 Å². The van der Waals surface area contributed by atoms with Crippen LogP contribution in [0.5, 0.6) is 0 Å². The molecule has 0 aliphatic carbocycles. The maximum atomic E-state index is 11.6. The first-order valence-electron chi connectivity index (χ1n) is 6.28. The van der Waals surface area contributed by atoms with E-state index in [0.29, 0.717) is 16.5 Å². The van der Waals surface area contributed by atoms with Crippen molar-refractivity contribution in [1.82, 2.24) is 9.78 Å². The molecule has 19 heavy (non-hydrogen) atoms. The maximum Gasteiger partial charge on any atom is 0.150 e. The third-order valence-electron chi connectivity index (χ3n) is 3.85. The summed E-state index contributed by atoms with van der Waals surface area (Å²) in [5, 5.41) is 5.79. The molecule has 2 atom stereocenters. The molecule has 2 heterocycles. The van der Waals surface area contributed by atoms with E-state index in [1.807, 2.05) is 14.0 Å². The first-order chi connectivity index (χ1) is 8.84. The fourth-order valence-corrected chi connectivity index (χ4v) is 5.61. The van der Waals surface area contributed by atoms with Crippen LogP contribution in [0, 0.1) is 18.8 Å². The fourth-order valence-electron chi connectivity index (χ4n) is 2.69. The third kappa shape index (κ3) is 3.34. The highest BCUT2D eigenvalue weighted by molar-refractivity contribution is 9.09. The van der Waals surface area contributed by atoms with Crippen LogP contribution in [-0.2, 0) is 23.3 Å². The SMILES string of the molecule is Cc1nn(C)c(CC(CBr)C2CCS(=O)(=O)C2)c1Cl. The summed E-state index contributed by atoms with van der Waals surface area (Å²) < 4.78 is 25.0. The normalized spacial score (nSPS) is 23.7.